The highest BCUT2D eigenvalue weighted by Crippen LogP contribution is 2.41. The van der Waals surface area contributed by atoms with E-state index in [4.69, 9.17) is 21.8 Å². The fourth-order valence-electron chi connectivity index (χ4n) is 8.85. The number of rotatable bonds is 7. The number of hydrogen-bond acceptors (Lipinski definition) is 3. The number of aromatic nitrogens is 5. The Kier molecular flexibility index (Phi) is 7.25. The van der Waals surface area contributed by atoms with Gasteiger partial charge in [0.15, 0.2) is 17.5 Å². The third-order valence-electron chi connectivity index (χ3n) is 11.6. The number of hydrogen-bond donors (Lipinski definition) is 0. The normalized spacial score (nSPS) is 12.7. The van der Waals surface area contributed by atoms with Crippen LogP contribution in [0.25, 0.3) is 111 Å². The van der Waals surface area contributed by atoms with Crippen molar-refractivity contribution in [1.82, 2.24) is 24.1 Å². The van der Waals surface area contributed by atoms with Crippen LogP contribution in [-0.4, -0.2) is 24.1 Å². The number of benzene rings is 9. The first-order valence-electron chi connectivity index (χ1n) is 23.0. The van der Waals surface area contributed by atoms with Gasteiger partial charge in [0.05, 0.1) is 34.6 Å². The minimum Gasteiger partial charge on any atom is -0.307 e. The lowest BCUT2D eigenvalue weighted by Gasteiger charge is -2.17. The topological polar surface area (TPSA) is 48.5 Å². The Balaban J connectivity index is 1.15. The van der Waals surface area contributed by atoms with Gasteiger partial charge in [0, 0.05) is 43.9 Å². The highest BCUT2D eigenvalue weighted by atomic mass is 15.1. The zero-order valence-corrected chi connectivity index (χ0v) is 33.2. The second-order valence-electron chi connectivity index (χ2n) is 15.3. The second kappa shape index (κ2) is 14.7. The van der Waals surface area contributed by atoms with Crippen molar-refractivity contribution in [3.63, 3.8) is 0 Å². The molecule has 62 heavy (non-hydrogen) atoms. The van der Waals surface area contributed by atoms with Crippen LogP contribution < -0.4 is 0 Å². The highest BCUT2D eigenvalue weighted by Gasteiger charge is 2.22. The predicted molar refractivity (Wildman–Crippen MR) is 256 cm³/mol. The summed E-state index contributed by atoms with van der Waals surface area (Å²) in [6, 6.07) is 64.2. The molecule has 0 aliphatic carbocycles. The second-order valence-corrected chi connectivity index (χ2v) is 15.3. The van der Waals surface area contributed by atoms with Gasteiger partial charge in [0.1, 0.15) is 0 Å². The molecule has 290 valence electrons. The molecule has 9 aromatic carbocycles. The van der Waals surface area contributed by atoms with E-state index >= 15 is 0 Å². The van der Waals surface area contributed by atoms with Gasteiger partial charge in [0.25, 0.3) is 0 Å². The maximum Gasteiger partial charge on any atom is 0.164 e. The lowest BCUT2D eigenvalue weighted by molar-refractivity contribution is 1.07. The van der Waals surface area contributed by atoms with Gasteiger partial charge < -0.3 is 9.13 Å². The van der Waals surface area contributed by atoms with Crippen molar-refractivity contribution in [2.45, 2.75) is 0 Å². The first-order chi connectivity index (χ1) is 32.8. The third-order valence-corrected chi connectivity index (χ3v) is 11.6. The van der Waals surface area contributed by atoms with Gasteiger partial charge in [0.2, 0.25) is 0 Å². The van der Waals surface area contributed by atoms with E-state index < -0.39 is 30.2 Å². The number of fused-ring (bicyclic) bond motifs is 6. The molecule has 12 rings (SSSR count). The Hall–Kier alpha value is -8.41. The molecule has 0 spiro atoms. The van der Waals surface area contributed by atoms with Crippen molar-refractivity contribution in [3.8, 4) is 67.8 Å². The summed E-state index contributed by atoms with van der Waals surface area (Å²) in [4.78, 5) is 15.0. The largest absolute Gasteiger partial charge is 0.307 e. The molecular formula is C57H37N5. The fourth-order valence-corrected chi connectivity index (χ4v) is 8.85. The van der Waals surface area contributed by atoms with Crippen LogP contribution >= 0.6 is 0 Å². The standard InChI is InChI=1S/C57H37N5/c1-4-17-38(18-5-1)40-31-33-42(34-32-40)56-58-55(41-21-8-3-9-22-41)59-57(60-56)44-35-43(39-19-6-2-7-20-39)36-45(37-44)61-50-27-13-12-25-48(50)49-26-16-30-53(54(49)61)62-51-28-14-10-23-46(51)47-24-11-15-29-52(47)62/h1-37H/i3D,8D,9D,21D,22D. The van der Waals surface area contributed by atoms with Crippen molar-refractivity contribution in [1.29, 1.82) is 0 Å². The SMILES string of the molecule is [2H]c1c([2H])c([2H])c(-c2nc(-c3ccc(-c4ccccc4)cc3)nc(-c3cc(-c4ccccc4)cc(-n4c5ccccc5c5cccc(-n6c7ccccc7c7ccccc76)c54)c3)n2)c([2H])c1[2H]. The van der Waals surface area contributed by atoms with E-state index in [0.29, 0.717) is 17.0 Å². The third kappa shape index (κ3) is 5.98. The molecule has 0 aliphatic heterocycles. The van der Waals surface area contributed by atoms with Crippen molar-refractivity contribution in [3.05, 3.63) is 224 Å². The van der Waals surface area contributed by atoms with E-state index in [9.17, 15) is 0 Å². The van der Waals surface area contributed by atoms with E-state index in [0.717, 1.165) is 66.5 Å². The van der Waals surface area contributed by atoms with Crippen LogP contribution in [0.2, 0.25) is 0 Å². The summed E-state index contributed by atoms with van der Waals surface area (Å²) >= 11 is 0. The maximum absolute atomic E-state index is 8.98. The summed E-state index contributed by atoms with van der Waals surface area (Å²) in [5, 5.41) is 4.52. The summed E-state index contributed by atoms with van der Waals surface area (Å²) in [5.41, 5.74) is 11.3. The Morgan fingerprint density at radius 2 is 0.774 bits per heavy atom. The van der Waals surface area contributed by atoms with Crippen molar-refractivity contribution in [2.75, 3.05) is 0 Å². The average molecular weight is 797 g/mol. The lowest BCUT2D eigenvalue weighted by Crippen LogP contribution is -2.03. The van der Waals surface area contributed by atoms with Crippen LogP contribution in [0, 0.1) is 0 Å². The van der Waals surface area contributed by atoms with Crippen LogP contribution in [0.4, 0.5) is 0 Å². The molecule has 12 aromatic rings. The summed E-state index contributed by atoms with van der Waals surface area (Å²) in [6.07, 6.45) is 0. The minimum atomic E-state index is -0.489. The Labute approximate surface area is 365 Å². The quantitative estimate of drug-likeness (QED) is 0.161. The molecule has 0 fully saturated rings. The average Bonchev–Trinajstić information content (AvgIpc) is 3.91. The summed E-state index contributed by atoms with van der Waals surface area (Å²) in [5.74, 6) is 0.547. The van der Waals surface area contributed by atoms with Gasteiger partial charge in [-0.25, -0.2) is 15.0 Å². The van der Waals surface area contributed by atoms with Crippen molar-refractivity contribution in [2.24, 2.45) is 0 Å². The Morgan fingerprint density at radius 1 is 0.323 bits per heavy atom. The monoisotopic (exact) mass is 796 g/mol. The van der Waals surface area contributed by atoms with Gasteiger partial charge in [-0.05, 0) is 64.7 Å². The van der Waals surface area contributed by atoms with Crippen LogP contribution in [0.15, 0.2) is 224 Å². The molecule has 0 saturated heterocycles. The molecule has 5 heteroatoms. The van der Waals surface area contributed by atoms with E-state index in [2.05, 4.69) is 124 Å². The Morgan fingerprint density at radius 3 is 1.40 bits per heavy atom. The van der Waals surface area contributed by atoms with E-state index in [1.54, 1.807) is 0 Å². The molecule has 0 unspecified atom stereocenters. The molecule has 3 heterocycles. The molecule has 0 N–H and O–H groups in total. The molecule has 0 radical (unpaired) electrons. The summed E-state index contributed by atoms with van der Waals surface area (Å²) in [6.45, 7) is 0. The zero-order valence-electron chi connectivity index (χ0n) is 38.2. The van der Waals surface area contributed by atoms with Gasteiger partial charge in [-0.15, -0.1) is 0 Å². The maximum atomic E-state index is 8.98. The molecule has 3 aromatic heterocycles. The number of nitrogens with zero attached hydrogens (tertiary/aromatic N) is 5. The Bertz CT molecular complexity index is 3840. The van der Waals surface area contributed by atoms with Gasteiger partial charge in [-0.2, -0.15) is 0 Å². The van der Waals surface area contributed by atoms with Crippen LogP contribution in [0.3, 0.4) is 0 Å². The molecule has 5 nitrogen and oxygen atoms in total. The van der Waals surface area contributed by atoms with Crippen LogP contribution in [0.5, 0.6) is 0 Å². The first-order valence-corrected chi connectivity index (χ1v) is 20.5. The van der Waals surface area contributed by atoms with Crippen LogP contribution in [0.1, 0.15) is 6.85 Å². The van der Waals surface area contributed by atoms with E-state index in [1.807, 2.05) is 78.9 Å². The summed E-state index contributed by atoms with van der Waals surface area (Å²) in [7, 11) is 0. The zero-order chi connectivity index (χ0) is 45.3. The summed E-state index contributed by atoms with van der Waals surface area (Å²) < 4.78 is 48.1. The van der Waals surface area contributed by atoms with E-state index in [-0.39, 0.29) is 17.2 Å². The molecular weight excluding hydrogens is 755 g/mol. The first kappa shape index (κ1) is 30.6. The fraction of sp³-hybridized carbons (Fsp3) is 0. The molecule has 0 saturated carbocycles. The molecule has 0 amide bonds. The number of para-hydroxylation sites is 4. The van der Waals surface area contributed by atoms with Gasteiger partial charge in [-0.3, -0.25) is 0 Å². The van der Waals surface area contributed by atoms with Gasteiger partial charge in [-0.1, -0.05) is 182 Å². The molecule has 0 bridgehead atoms. The lowest BCUT2D eigenvalue weighted by atomic mass is 10.0. The van der Waals surface area contributed by atoms with Gasteiger partial charge >= 0.3 is 0 Å². The molecule has 0 atom stereocenters. The smallest absolute Gasteiger partial charge is 0.164 e. The highest BCUT2D eigenvalue weighted by molar-refractivity contribution is 6.15. The minimum absolute atomic E-state index is 0.0266. The van der Waals surface area contributed by atoms with E-state index in [1.165, 1.54) is 10.8 Å². The predicted octanol–water partition coefficient (Wildman–Crippen LogP) is 14.4. The van der Waals surface area contributed by atoms with Crippen LogP contribution in [-0.2, 0) is 0 Å². The van der Waals surface area contributed by atoms with Crippen molar-refractivity contribution >= 4 is 43.6 Å². The van der Waals surface area contributed by atoms with Crippen molar-refractivity contribution < 1.29 is 6.85 Å². The molecule has 0 aliphatic rings.